The van der Waals surface area contributed by atoms with Crippen LogP contribution in [0.25, 0.3) is 0 Å². The molecular weight excluding hydrogens is 260 g/mol. The van der Waals surface area contributed by atoms with Crippen LogP contribution in [0.2, 0.25) is 0 Å². The Labute approximate surface area is 127 Å². The van der Waals surface area contributed by atoms with Gasteiger partial charge in [-0.2, -0.15) is 0 Å². The first-order chi connectivity index (χ1) is 10.2. The van der Waals surface area contributed by atoms with Crippen LogP contribution in [-0.2, 0) is 0 Å². The maximum absolute atomic E-state index is 12.5. The van der Waals surface area contributed by atoms with E-state index in [0.29, 0.717) is 18.0 Å². The lowest BCUT2D eigenvalue weighted by molar-refractivity contribution is 0.0760. The van der Waals surface area contributed by atoms with Crippen LogP contribution < -0.4 is 5.73 Å². The highest BCUT2D eigenvalue weighted by Gasteiger charge is 2.19. The summed E-state index contributed by atoms with van der Waals surface area (Å²) in [6.45, 7) is 1.19. The van der Waals surface area contributed by atoms with Gasteiger partial charge in [0.1, 0.15) is 0 Å². The van der Waals surface area contributed by atoms with Crippen molar-refractivity contribution in [3.8, 4) is 11.8 Å². The first kappa shape index (κ1) is 15.6. The summed E-state index contributed by atoms with van der Waals surface area (Å²) >= 11 is 0. The summed E-state index contributed by atoms with van der Waals surface area (Å²) in [7, 11) is 1.90. The molecule has 0 saturated heterocycles. The summed E-state index contributed by atoms with van der Waals surface area (Å²) in [5, 5.41) is 0. The lowest BCUT2D eigenvalue weighted by Gasteiger charge is -2.27. The largest absolute Gasteiger partial charge is 0.341 e. The third-order valence-electron chi connectivity index (χ3n) is 4.05. The monoisotopic (exact) mass is 284 g/mol. The van der Waals surface area contributed by atoms with Crippen LogP contribution in [-0.4, -0.2) is 30.9 Å². The van der Waals surface area contributed by atoms with E-state index in [4.69, 9.17) is 5.73 Å². The van der Waals surface area contributed by atoms with Crippen molar-refractivity contribution >= 4 is 5.91 Å². The second-order valence-electron chi connectivity index (χ2n) is 5.78. The first-order valence-electron chi connectivity index (χ1n) is 7.75. The van der Waals surface area contributed by atoms with Crippen molar-refractivity contribution in [3.63, 3.8) is 0 Å². The fourth-order valence-corrected chi connectivity index (χ4v) is 2.94. The normalized spacial score (nSPS) is 15.1. The third-order valence-corrected chi connectivity index (χ3v) is 4.05. The van der Waals surface area contributed by atoms with Crippen molar-refractivity contribution in [2.24, 2.45) is 11.7 Å². The lowest BCUT2D eigenvalue weighted by atomic mass is 9.89. The minimum absolute atomic E-state index is 0.0805. The summed E-state index contributed by atoms with van der Waals surface area (Å²) in [5.74, 6) is 6.53. The summed E-state index contributed by atoms with van der Waals surface area (Å²) in [4.78, 5) is 14.4. The van der Waals surface area contributed by atoms with Gasteiger partial charge < -0.3 is 10.6 Å². The zero-order valence-corrected chi connectivity index (χ0v) is 12.8. The molecule has 0 spiro atoms. The van der Waals surface area contributed by atoms with Crippen molar-refractivity contribution in [2.75, 3.05) is 20.1 Å². The van der Waals surface area contributed by atoms with Gasteiger partial charge in [0.2, 0.25) is 0 Å². The number of nitrogens with two attached hydrogens (primary N) is 1. The van der Waals surface area contributed by atoms with E-state index in [2.05, 4.69) is 11.8 Å². The van der Waals surface area contributed by atoms with Gasteiger partial charge in [-0.15, -0.1) is 0 Å². The summed E-state index contributed by atoms with van der Waals surface area (Å²) in [6, 6.07) is 7.48. The minimum atomic E-state index is 0.0805. The van der Waals surface area contributed by atoms with Crippen LogP contribution in [0.15, 0.2) is 24.3 Å². The van der Waals surface area contributed by atoms with Gasteiger partial charge >= 0.3 is 0 Å². The molecule has 3 heteroatoms. The number of benzene rings is 1. The Kier molecular flexibility index (Phi) is 5.83. The predicted octanol–water partition coefficient (Wildman–Crippen LogP) is 2.65. The van der Waals surface area contributed by atoms with E-state index in [-0.39, 0.29) is 5.91 Å². The van der Waals surface area contributed by atoms with Crippen molar-refractivity contribution in [3.05, 3.63) is 35.4 Å². The molecule has 1 fully saturated rings. The molecule has 2 rings (SSSR count). The van der Waals surface area contributed by atoms with Crippen LogP contribution in [0, 0.1) is 17.8 Å². The average Bonchev–Trinajstić information content (AvgIpc) is 2.53. The number of nitrogens with zero attached hydrogens (tertiary/aromatic N) is 1. The summed E-state index contributed by atoms with van der Waals surface area (Å²) in [5.41, 5.74) is 6.93. The molecule has 1 saturated carbocycles. The molecule has 1 aliphatic carbocycles. The molecule has 1 aromatic rings. The van der Waals surface area contributed by atoms with Gasteiger partial charge in [0, 0.05) is 24.7 Å². The van der Waals surface area contributed by atoms with Gasteiger partial charge in [-0.25, -0.2) is 0 Å². The molecule has 1 amide bonds. The van der Waals surface area contributed by atoms with Crippen LogP contribution in [0.1, 0.15) is 48.0 Å². The molecule has 0 aliphatic heterocycles. The zero-order chi connectivity index (χ0) is 15.1. The predicted molar refractivity (Wildman–Crippen MR) is 85.9 cm³/mol. The summed E-state index contributed by atoms with van der Waals surface area (Å²) in [6.07, 6.45) is 6.45. The molecule has 2 N–H and O–H groups in total. The van der Waals surface area contributed by atoms with Crippen LogP contribution in [0.4, 0.5) is 0 Å². The van der Waals surface area contributed by atoms with E-state index in [0.717, 1.165) is 12.1 Å². The van der Waals surface area contributed by atoms with Gasteiger partial charge in [0.05, 0.1) is 6.54 Å². The highest BCUT2D eigenvalue weighted by Crippen LogP contribution is 2.24. The Morgan fingerprint density at radius 3 is 2.81 bits per heavy atom. The smallest absolute Gasteiger partial charge is 0.253 e. The molecule has 0 radical (unpaired) electrons. The SMILES string of the molecule is CN(CC1CCCCC1)C(=O)c1cccc(C#CCN)c1. The number of hydrogen-bond donors (Lipinski definition) is 1. The van der Waals surface area contributed by atoms with E-state index < -0.39 is 0 Å². The summed E-state index contributed by atoms with van der Waals surface area (Å²) < 4.78 is 0. The molecule has 112 valence electrons. The standard InChI is InChI=1S/C18H24N2O/c1-20(14-16-7-3-2-4-8-16)18(21)17-11-5-9-15(13-17)10-6-12-19/h5,9,11,13,16H,2-4,7-8,12,14,19H2,1H3. The topological polar surface area (TPSA) is 46.3 Å². The molecule has 21 heavy (non-hydrogen) atoms. The van der Waals surface area contributed by atoms with Crippen molar-refractivity contribution < 1.29 is 4.79 Å². The second-order valence-corrected chi connectivity index (χ2v) is 5.78. The zero-order valence-electron chi connectivity index (χ0n) is 12.8. The Morgan fingerprint density at radius 2 is 2.10 bits per heavy atom. The van der Waals surface area contributed by atoms with E-state index in [1.807, 2.05) is 36.2 Å². The van der Waals surface area contributed by atoms with Crippen LogP contribution in [0.5, 0.6) is 0 Å². The van der Waals surface area contributed by atoms with E-state index in [9.17, 15) is 4.79 Å². The quantitative estimate of drug-likeness (QED) is 0.867. The second kappa shape index (κ2) is 7.85. The van der Waals surface area contributed by atoms with E-state index in [1.165, 1.54) is 32.1 Å². The molecular formula is C18H24N2O. The van der Waals surface area contributed by atoms with Gasteiger partial charge in [0.15, 0.2) is 0 Å². The van der Waals surface area contributed by atoms with Gasteiger partial charge in [-0.3, -0.25) is 4.79 Å². The molecule has 3 nitrogen and oxygen atoms in total. The third kappa shape index (κ3) is 4.61. The highest BCUT2D eigenvalue weighted by atomic mass is 16.2. The minimum Gasteiger partial charge on any atom is -0.341 e. The average molecular weight is 284 g/mol. The molecule has 0 heterocycles. The van der Waals surface area contributed by atoms with Gasteiger partial charge in [-0.05, 0) is 37.0 Å². The molecule has 1 aliphatic rings. The Hall–Kier alpha value is -1.79. The number of hydrogen-bond acceptors (Lipinski definition) is 2. The Balaban J connectivity index is 2.01. The fraction of sp³-hybridized carbons (Fsp3) is 0.500. The van der Waals surface area contributed by atoms with E-state index >= 15 is 0 Å². The molecule has 1 aromatic carbocycles. The van der Waals surface area contributed by atoms with Crippen LogP contribution in [0.3, 0.4) is 0 Å². The molecule has 0 aromatic heterocycles. The number of carbonyl (C=O) groups excluding carboxylic acids is 1. The van der Waals surface area contributed by atoms with Crippen molar-refractivity contribution in [2.45, 2.75) is 32.1 Å². The molecule has 0 bridgehead atoms. The maximum Gasteiger partial charge on any atom is 0.253 e. The lowest BCUT2D eigenvalue weighted by Crippen LogP contribution is -2.32. The first-order valence-corrected chi connectivity index (χ1v) is 7.75. The molecule has 0 unspecified atom stereocenters. The van der Waals surface area contributed by atoms with Crippen molar-refractivity contribution in [1.29, 1.82) is 0 Å². The van der Waals surface area contributed by atoms with Crippen molar-refractivity contribution in [1.82, 2.24) is 4.90 Å². The number of amides is 1. The number of carbonyl (C=O) groups is 1. The Morgan fingerprint density at radius 1 is 1.33 bits per heavy atom. The maximum atomic E-state index is 12.5. The Bertz CT molecular complexity index is 536. The van der Waals surface area contributed by atoms with Gasteiger partial charge in [-0.1, -0.05) is 37.2 Å². The molecule has 0 atom stereocenters. The number of rotatable bonds is 3. The van der Waals surface area contributed by atoms with E-state index in [1.54, 1.807) is 0 Å². The fourth-order valence-electron chi connectivity index (χ4n) is 2.94. The van der Waals surface area contributed by atoms with Crippen LogP contribution >= 0.6 is 0 Å². The highest BCUT2D eigenvalue weighted by molar-refractivity contribution is 5.94. The van der Waals surface area contributed by atoms with Gasteiger partial charge in [0.25, 0.3) is 5.91 Å².